The van der Waals surface area contributed by atoms with Gasteiger partial charge in [-0.1, -0.05) is 19.1 Å². The number of nitro groups is 1. The van der Waals surface area contributed by atoms with Crippen molar-refractivity contribution in [1.29, 1.82) is 0 Å². The van der Waals surface area contributed by atoms with Crippen molar-refractivity contribution in [2.24, 2.45) is 0 Å². The van der Waals surface area contributed by atoms with Gasteiger partial charge < -0.3 is 9.47 Å². The van der Waals surface area contributed by atoms with E-state index in [1.54, 1.807) is 18.3 Å². The fraction of sp³-hybridized carbons (Fsp3) is 0.200. The van der Waals surface area contributed by atoms with Crippen molar-refractivity contribution in [3.8, 4) is 28.4 Å². The number of para-hydroxylation sites is 1. The summed E-state index contributed by atoms with van der Waals surface area (Å²) < 4.78 is 11.8. The van der Waals surface area contributed by atoms with Crippen LogP contribution in [0.2, 0.25) is 0 Å². The Morgan fingerprint density at radius 1 is 1.19 bits per heavy atom. The van der Waals surface area contributed by atoms with Gasteiger partial charge in [0.1, 0.15) is 5.75 Å². The quantitative estimate of drug-likeness (QED) is 0.489. The first-order valence-electron chi connectivity index (χ1n) is 8.67. The van der Waals surface area contributed by atoms with Crippen LogP contribution >= 0.6 is 0 Å². The molecule has 0 N–H and O–H groups in total. The van der Waals surface area contributed by atoms with Gasteiger partial charge in [0.2, 0.25) is 6.29 Å². The van der Waals surface area contributed by atoms with Crippen LogP contribution in [-0.2, 0) is 4.74 Å². The van der Waals surface area contributed by atoms with Crippen LogP contribution in [0.5, 0.6) is 5.75 Å². The van der Waals surface area contributed by atoms with Crippen molar-refractivity contribution in [3.05, 3.63) is 70.4 Å². The minimum atomic E-state index is -0.555. The standard InChI is InChI=1S/C20H17N3O4/c1-2-11-26-20-16-12-21-19(13-7-9-14(10-8-13)23(24)25)22-18(16)15-5-3-4-6-17(15)27-20/h3-10,12,20H,2,11H2,1H3. The molecule has 0 spiro atoms. The van der Waals surface area contributed by atoms with E-state index in [2.05, 4.69) is 4.98 Å². The summed E-state index contributed by atoms with van der Waals surface area (Å²) in [5.74, 6) is 1.20. The molecule has 1 aromatic heterocycles. The highest BCUT2D eigenvalue weighted by molar-refractivity contribution is 5.73. The molecule has 1 aliphatic heterocycles. The van der Waals surface area contributed by atoms with Gasteiger partial charge in [-0.2, -0.15) is 0 Å². The average Bonchev–Trinajstić information content (AvgIpc) is 2.71. The Balaban J connectivity index is 1.77. The molecule has 0 aliphatic carbocycles. The van der Waals surface area contributed by atoms with E-state index in [9.17, 15) is 10.1 Å². The average molecular weight is 363 g/mol. The molecule has 1 aliphatic rings. The van der Waals surface area contributed by atoms with Crippen molar-refractivity contribution in [2.45, 2.75) is 19.6 Å². The van der Waals surface area contributed by atoms with Crippen molar-refractivity contribution >= 4 is 5.69 Å². The van der Waals surface area contributed by atoms with Crippen LogP contribution in [-0.4, -0.2) is 21.5 Å². The zero-order valence-electron chi connectivity index (χ0n) is 14.7. The first kappa shape index (κ1) is 17.1. The lowest BCUT2D eigenvalue weighted by Gasteiger charge is -2.27. The molecule has 0 saturated carbocycles. The van der Waals surface area contributed by atoms with Crippen LogP contribution in [0, 0.1) is 10.1 Å². The second-order valence-electron chi connectivity index (χ2n) is 6.12. The van der Waals surface area contributed by atoms with E-state index >= 15 is 0 Å². The summed E-state index contributed by atoms with van der Waals surface area (Å²) in [6.45, 7) is 2.60. The first-order chi connectivity index (χ1) is 13.2. The number of benzene rings is 2. The van der Waals surface area contributed by atoms with Gasteiger partial charge >= 0.3 is 0 Å². The number of hydrogen-bond donors (Lipinski definition) is 0. The van der Waals surface area contributed by atoms with Crippen molar-refractivity contribution in [3.63, 3.8) is 0 Å². The maximum Gasteiger partial charge on any atom is 0.269 e. The van der Waals surface area contributed by atoms with Gasteiger partial charge in [0.15, 0.2) is 5.82 Å². The summed E-state index contributed by atoms with van der Waals surface area (Å²) in [7, 11) is 0. The molecule has 0 fully saturated rings. The minimum absolute atomic E-state index is 0.0310. The molecule has 1 atom stereocenters. The molecule has 0 amide bonds. The number of nitrogens with zero attached hydrogens (tertiary/aromatic N) is 3. The van der Waals surface area contributed by atoms with E-state index in [4.69, 9.17) is 14.5 Å². The SMILES string of the molecule is CCCOC1Oc2ccccc2-c2nc(-c3ccc([N+](=O)[O-])cc3)ncc21. The number of fused-ring (bicyclic) bond motifs is 3. The van der Waals surface area contributed by atoms with E-state index in [1.807, 2.05) is 31.2 Å². The second kappa shape index (κ2) is 7.13. The predicted octanol–water partition coefficient (Wildman–Crippen LogP) is 4.54. The normalized spacial score (nSPS) is 14.8. The third-order valence-corrected chi connectivity index (χ3v) is 4.26. The summed E-state index contributed by atoms with van der Waals surface area (Å²) in [4.78, 5) is 19.6. The maximum atomic E-state index is 10.8. The Hall–Kier alpha value is -3.32. The van der Waals surface area contributed by atoms with Crippen molar-refractivity contribution < 1.29 is 14.4 Å². The molecule has 1 unspecified atom stereocenters. The molecule has 0 bridgehead atoms. The maximum absolute atomic E-state index is 10.8. The number of rotatable bonds is 5. The molecule has 7 nitrogen and oxygen atoms in total. The number of nitro benzene ring substituents is 1. The van der Waals surface area contributed by atoms with Crippen LogP contribution in [0.3, 0.4) is 0 Å². The molecule has 3 aromatic rings. The minimum Gasteiger partial charge on any atom is -0.460 e. The van der Waals surface area contributed by atoms with Crippen LogP contribution in [0.4, 0.5) is 5.69 Å². The Labute approximate surface area is 155 Å². The zero-order chi connectivity index (χ0) is 18.8. The fourth-order valence-corrected chi connectivity index (χ4v) is 2.94. The Morgan fingerprint density at radius 2 is 1.96 bits per heavy atom. The third-order valence-electron chi connectivity index (χ3n) is 4.26. The van der Waals surface area contributed by atoms with Crippen LogP contribution in [0.15, 0.2) is 54.7 Å². The van der Waals surface area contributed by atoms with Gasteiger partial charge in [0, 0.05) is 29.5 Å². The van der Waals surface area contributed by atoms with E-state index in [1.165, 1.54) is 12.1 Å². The number of ether oxygens (including phenoxy) is 2. The molecule has 7 heteroatoms. The summed E-state index contributed by atoms with van der Waals surface area (Å²) in [6, 6.07) is 13.8. The molecule has 27 heavy (non-hydrogen) atoms. The lowest BCUT2D eigenvalue weighted by atomic mass is 10.0. The van der Waals surface area contributed by atoms with Crippen molar-refractivity contribution in [1.82, 2.24) is 9.97 Å². The highest BCUT2D eigenvalue weighted by Gasteiger charge is 2.28. The van der Waals surface area contributed by atoms with Gasteiger partial charge in [-0.3, -0.25) is 10.1 Å². The molecule has 4 rings (SSSR count). The Kier molecular flexibility index (Phi) is 4.52. The van der Waals surface area contributed by atoms with Gasteiger partial charge in [-0.15, -0.1) is 0 Å². The van der Waals surface area contributed by atoms with Crippen LogP contribution in [0.25, 0.3) is 22.6 Å². The van der Waals surface area contributed by atoms with E-state index in [0.29, 0.717) is 23.7 Å². The van der Waals surface area contributed by atoms with Gasteiger partial charge in [0.05, 0.1) is 22.8 Å². The Morgan fingerprint density at radius 3 is 2.70 bits per heavy atom. The summed E-state index contributed by atoms with van der Waals surface area (Å²) in [5, 5.41) is 10.8. The molecule has 2 heterocycles. The van der Waals surface area contributed by atoms with Crippen LogP contribution < -0.4 is 4.74 Å². The lowest BCUT2D eigenvalue weighted by Crippen LogP contribution is -2.19. The molecule has 0 radical (unpaired) electrons. The third kappa shape index (κ3) is 3.24. The topological polar surface area (TPSA) is 87.4 Å². The van der Waals surface area contributed by atoms with E-state index in [-0.39, 0.29) is 5.69 Å². The predicted molar refractivity (Wildman–Crippen MR) is 99.2 cm³/mol. The van der Waals surface area contributed by atoms with E-state index in [0.717, 1.165) is 23.2 Å². The van der Waals surface area contributed by atoms with Crippen molar-refractivity contribution in [2.75, 3.05) is 6.61 Å². The lowest BCUT2D eigenvalue weighted by molar-refractivity contribution is -0.384. The van der Waals surface area contributed by atoms with Gasteiger partial charge in [0.25, 0.3) is 5.69 Å². The Bertz CT molecular complexity index is 989. The van der Waals surface area contributed by atoms with Gasteiger partial charge in [-0.25, -0.2) is 9.97 Å². The fourth-order valence-electron chi connectivity index (χ4n) is 2.94. The highest BCUT2D eigenvalue weighted by Crippen LogP contribution is 2.41. The summed E-state index contributed by atoms with van der Waals surface area (Å²) in [5.41, 5.74) is 3.13. The van der Waals surface area contributed by atoms with Gasteiger partial charge in [-0.05, 0) is 30.7 Å². The highest BCUT2D eigenvalue weighted by atomic mass is 16.7. The summed E-state index contributed by atoms with van der Waals surface area (Å²) in [6.07, 6.45) is 2.02. The smallest absolute Gasteiger partial charge is 0.269 e. The van der Waals surface area contributed by atoms with Crippen LogP contribution in [0.1, 0.15) is 25.2 Å². The number of aromatic nitrogens is 2. The molecular formula is C20H17N3O4. The molecule has 2 aromatic carbocycles. The zero-order valence-corrected chi connectivity index (χ0v) is 14.7. The largest absolute Gasteiger partial charge is 0.460 e. The molecule has 136 valence electrons. The number of non-ortho nitro benzene ring substituents is 1. The molecule has 0 saturated heterocycles. The summed E-state index contributed by atoms with van der Waals surface area (Å²) >= 11 is 0. The first-order valence-corrected chi connectivity index (χ1v) is 8.67. The number of hydrogen-bond acceptors (Lipinski definition) is 6. The second-order valence-corrected chi connectivity index (χ2v) is 6.12. The van der Waals surface area contributed by atoms with E-state index < -0.39 is 11.2 Å². The monoisotopic (exact) mass is 363 g/mol. The molecular weight excluding hydrogens is 346 g/mol.